The van der Waals surface area contributed by atoms with Gasteiger partial charge in [0.15, 0.2) is 0 Å². The maximum Gasteiger partial charge on any atom is 0.224 e. The van der Waals surface area contributed by atoms with Crippen molar-refractivity contribution in [2.75, 3.05) is 11.9 Å². The zero-order chi connectivity index (χ0) is 15.9. The number of amides is 1. The fourth-order valence-electron chi connectivity index (χ4n) is 1.85. The van der Waals surface area contributed by atoms with Crippen LogP contribution in [0.2, 0.25) is 0 Å². The highest BCUT2D eigenvalue weighted by Gasteiger charge is 2.05. The number of benzene rings is 2. The van der Waals surface area contributed by atoms with Crippen LogP contribution in [0.25, 0.3) is 0 Å². The summed E-state index contributed by atoms with van der Waals surface area (Å²) in [7, 11) is 0. The van der Waals surface area contributed by atoms with Gasteiger partial charge in [-0.05, 0) is 55.3 Å². The minimum absolute atomic E-state index is 0.203. The Labute approximate surface area is 127 Å². The molecule has 0 heterocycles. The Morgan fingerprint density at radius 2 is 1.86 bits per heavy atom. The standard InChI is InChI=1S/C17H17F2NO2/c1-12-4-7-14(11-16(12)19)20-17(21)3-2-10-22-15-8-5-13(18)6-9-15/h4-9,11H,2-3,10H2,1H3,(H,20,21). The van der Waals surface area contributed by atoms with Gasteiger partial charge >= 0.3 is 0 Å². The van der Waals surface area contributed by atoms with Crippen molar-refractivity contribution >= 4 is 11.6 Å². The highest BCUT2D eigenvalue weighted by atomic mass is 19.1. The van der Waals surface area contributed by atoms with E-state index in [-0.39, 0.29) is 24.0 Å². The molecule has 0 aliphatic heterocycles. The molecule has 3 nitrogen and oxygen atoms in total. The fraction of sp³-hybridized carbons (Fsp3) is 0.235. The molecule has 22 heavy (non-hydrogen) atoms. The van der Waals surface area contributed by atoms with E-state index in [2.05, 4.69) is 5.32 Å². The van der Waals surface area contributed by atoms with Crippen molar-refractivity contribution in [1.29, 1.82) is 0 Å². The third-order valence-electron chi connectivity index (χ3n) is 3.09. The summed E-state index contributed by atoms with van der Waals surface area (Å²) >= 11 is 0. The van der Waals surface area contributed by atoms with Crippen LogP contribution >= 0.6 is 0 Å². The molecule has 2 rings (SSSR count). The van der Waals surface area contributed by atoms with Crippen LogP contribution in [0.4, 0.5) is 14.5 Å². The second-order valence-electron chi connectivity index (χ2n) is 4.92. The molecule has 2 aromatic carbocycles. The van der Waals surface area contributed by atoms with Crippen molar-refractivity contribution in [3.05, 3.63) is 59.7 Å². The van der Waals surface area contributed by atoms with Crippen molar-refractivity contribution in [3.8, 4) is 5.75 Å². The molecule has 0 saturated heterocycles. The van der Waals surface area contributed by atoms with Crippen LogP contribution in [0.1, 0.15) is 18.4 Å². The molecule has 2 aromatic rings. The normalized spacial score (nSPS) is 10.3. The minimum Gasteiger partial charge on any atom is -0.494 e. The summed E-state index contributed by atoms with van der Waals surface area (Å²) in [5.41, 5.74) is 0.971. The Morgan fingerprint density at radius 3 is 2.55 bits per heavy atom. The second kappa shape index (κ2) is 7.54. The van der Waals surface area contributed by atoms with Gasteiger partial charge < -0.3 is 10.1 Å². The molecule has 0 saturated carbocycles. The first-order valence-electron chi connectivity index (χ1n) is 6.99. The molecular formula is C17H17F2NO2. The Bertz CT molecular complexity index is 642. The van der Waals surface area contributed by atoms with E-state index < -0.39 is 0 Å². The van der Waals surface area contributed by atoms with E-state index in [1.165, 1.54) is 30.3 Å². The summed E-state index contributed by atoms with van der Waals surface area (Å²) in [5, 5.41) is 2.63. The van der Waals surface area contributed by atoms with Crippen LogP contribution < -0.4 is 10.1 Å². The number of nitrogens with one attached hydrogen (secondary N) is 1. The van der Waals surface area contributed by atoms with Crippen molar-refractivity contribution in [2.45, 2.75) is 19.8 Å². The van der Waals surface area contributed by atoms with Crippen molar-refractivity contribution in [2.24, 2.45) is 0 Å². The number of aryl methyl sites for hydroxylation is 1. The molecule has 0 fully saturated rings. The number of ether oxygens (including phenoxy) is 1. The van der Waals surface area contributed by atoms with Gasteiger partial charge in [0, 0.05) is 12.1 Å². The minimum atomic E-state index is -0.350. The van der Waals surface area contributed by atoms with Crippen LogP contribution in [0, 0.1) is 18.6 Å². The van der Waals surface area contributed by atoms with Gasteiger partial charge in [-0.15, -0.1) is 0 Å². The highest BCUT2D eigenvalue weighted by Crippen LogP contribution is 2.14. The van der Waals surface area contributed by atoms with Gasteiger partial charge in [0.25, 0.3) is 0 Å². The average molecular weight is 305 g/mol. The van der Waals surface area contributed by atoms with Gasteiger partial charge in [-0.25, -0.2) is 8.78 Å². The lowest BCUT2D eigenvalue weighted by atomic mass is 10.2. The first-order chi connectivity index (χ1) is 10.5. The summed E-state index contributed by atoms with van der Waals surface area (Å²) < 4.78 is 31.5. The quantitative estimate of drug-likeness (QED) is 0.817. The van der Waals surface area contributed by atoms with Gasteiger partial charge in [0.2, 0.25) is 5.91 Å². The highest BCUT2D eigenvalue weighted by molar-refractivity contribution is 5.90. The SMILES string of the molecule is Cc1ccc(NC(=O)CCCOc2ccc(F)cc2)cc1F. The zero-order valence-electron chi connectivity index (χ0n) is 12.2. The largest absolute Gasteiger partial charge is 0.494 e. The molecule has 0 aromatic heterocycles. The average Bonchev–Trinajstić information content (AvgIpc) is 2.49. The van der Waals surface area contributed by atoms with Gasteiger partial charge in [-0.1, -0.05) is 6.07 Å². The van der Waals surface area contributed by atoms with Crippen molar-refractivity contribution < 1.29 is 18.3 Å². The third-order valence-corrected chi connectivity index (χ3v) is 3.09. The molecule has 1 N–H and O–H groups in total. The first-order valence-corrected chi connectivity index (χ1v) is 6.99. The summed E-state index contributed by atoms with van der Waals surface area (Å²) in [6.45, 7) is 2.01. The molecule has 0 spiro atoms. The molecule has 0 aliphatic carbocycles. The number of carbonyl (C=O) groups excluding carboxylic acids is 1. The van der Waals surface area contributed by atoms with Crippen LogP contribution in [0.3, 0.4) is 0 Å². The molecule has 0 atom stereocenters. The molecule has 1 amide bonds. The predicted octanol–water partition coefficient (Wildman–Crippen LogP) is 4.07. The maximum atomic E-state index is 13.4. The number of hydrogen-bond donors (Lipinski definition) is 1. The molecular weight excluding hydrogens is 288 g/mol. The lowest BCUT2D eigenvalue weighted by Crippen LogP contribution is -2.13. The van der Waals surface area contributed by atoms with Gasteiger partial charge in [0.05, 0.1) is 6.61 Å². The Balaban J connectivity index is 1.71. The van der Waals surface area contributed by atoms with Gasteiger partial charge in [-0.3, -0.25) is 4.79 Å². The monoisotopic (exact) mass is 305 g/mol. The summed E-state index contributed by atoms with van der Waals surface area (Å²) in [5.74, 6) is -0.317. The number of halogens is 2. The number of rotatable bonds is 6. The van der Waals surface area contributed by atoms with Gasteiger partial charge in [-0.2, -0.15) is 0 Å². The second-order valence-corrected chi connectivity index (χ2v) is 4.92. The third kappa shape index (κ3) is 4.84. The predicted molar refractivity (Wildman–Crippen MR) is 80.9 cm³/mol. The summed E-state index contributed by atoms with van der Waals surface area (Å²) in [6.07, 6.45) is 0.772. The Hall–Kier alpha value is -2.43. The number of hydrogen-bond acceptors (Lipinski definition) is 2. The number of carbonyl (C=O) groups is 1. The Morgan fingerprint density at radius 1 is 1.14 bits per heavy atom. The summed E-state index contributed by atoms with van der Waals surface area (Å²) in [6, 6.07) is 10.3. The van der Waals surface area contributed by atoms with Crippen LogP contribution in [0.5, 0.6) is 5.75 Å². The van der Waals surface area contributed by atoms with Crippen molar-refractivity contribution in [3.63, 3.8) is 0 Å². The van der Waals surface area contributed by atoms with E-state index in [9.17, 15) is 13.6 Å². The van der Waals surface area contributed by atoms with E-state index in [0.29, 0.717) is 30.0 Å². The maximum absolute atomic E-state index is 13.4. The molecule has 0 bridgehead atoms. The summed E-state index contributed by atoms with van der Waals surface area (Å²) in [4.78, 5) is 11.7. The van der Waals surface area contributed by atoms with Crippen molar-refractivity contribution in [1.82, 2.24) is 0 Å². The smallest absolute Gasteiger partial charge is 0.224 e. The van der Waals surface area contributed by atoms with Crippen LogP contribution in [-0.4, -0.2) is 12.5 Å². The molecule has 0 radical (unpaired) electrons. The van der Waals surface area contributed by atoms with E-state index in [0.717, 1.165) is 0 Å². The lowest BCUT2D eigenvalue weighted by Gasteiger charge is -2.08. The van der Waals surface area contributed by atoms with E-state index in [1.54, 1.807) is 19.1 Å². The van der Waals surface area contributed by atoms with Crippen LogP contribution in [-0.2, 0) is 4.79 Å². The molecule has 116 valence electrons. The zero-order valence-corrected chi connectivity index (χ0v) is 12.2. The Kier molecular flexibility index (Phi) is 5.47. The van der Waals surface area contributed by atoms with E-state index in [4.69, 9.17) is 4.74 Å². The van der Waals surface area contributed by atoms with Crippen LogP contribution in [0.15, 0.2) is 42.5 Å². The van der Waals surface area contributed by atoms with E-state index >= 15 is 0 Å². The number of anilines is 1. The topological polar surface area (TPSA) is 38.3 Å². The fourth-order valence-corrected chi connectivity index (χ4v) is 1.85. The molecule has 5 heteroatoms. The molecule has 0 unspecified atom stereocenters. The molecule has 0 aliphatic rings. The first kappa shape index (κ1) is 15.9. The van der Waals surface area contributed by atoms with Gasteiger partial charge in [0.1, 0.15) is 17.4 Å². The van der Waals surface area contributed by atoms with E-state index in [1.807, 2.05) is 0 Å². The lowest BCUT2D eigenvalue weighted by molar-refractivity contribution is -0.116.